The summed E-state index contributed by atoms with van der Waals surface area (Å²) >= 11 is 0. The van der Waals surface area contributed by atoms with Crippen LogP contribution in [0, 0.1) is 0 Å². The molecule has 2 aromatic carbocycles. The summed E-state index contributed by atoms with van der Waals surface area (Å²) in [6.45, 7) is 10.9. The van der Waals surface area contributed by atoms with Gasteiger partial charge < -0.3 is 4.74 Å². The standard InChI is InChI=1S/C21H24N2O2/c1-4-16-22(18-10-8-7-9-11-18)21(24)23(17-5-2)19-12-14-20(15-13-19)25-6-3/h4-5,7-15H,1-2,6,16-17H2,3H3. The largest absolute Gasteiger partial charge is 0.494 e. The smallest absolute Gasteiger partial charge is 0.329 e. The Labute approximate surface area is 149 Å². The maximum absolute atomic E-state index is 13.2. The Bertz CT molecular complexity index is 696. The lowest BCUT2D eigenvalue weighted by Crippen LogP contribution is -2.43. The summed E-state index contributed by atoms with van der Waals surface area (Å²) in [4.78, 5) is 16.5. The molecule has 0 aliphatic heterocycles. The molecular formula is C21H24N2O2. The monoisotopic (exact) mass is 336 g/mol. The number of benzene rings is 2. The molecule has 0 aliphatic carbocycles. The Hall–Kier alpha value is -3.01. The SMILES string of the molecule is C=CCN(C(=O)N(CC=C)c1ccc(OCC)cc1)c1ccccc1. The van der Waals surface area contributed by atoms with Crippen molar-refractivity contribution in [3.63, 3.8) is 0 Å². The number of rotatable bonds is 8. The van der Waals surface area contributed by atoms with Gasteiger partial charge in [-0.05, 0) is 43.3 Å². The second-order valence-corrected chi connectivity index (χ2v) is 5.34. The zero-order valence-electron chi connectivity index (χ0n) is 14.6. The molecule has 0 radical (unpaired) electrons. The minimum absolute atomic E-state index is 0.129. The van der Waals surface area contributed by atoms with E-state index in [1.54, 1.807) is 22.0 Å². The van der Waals surface area contributed by atoms with Crippen molar-refractivity contribution >= 4 is 17.4 Å². The first-order valence-corrected chi connectivity index (χ1v) is 8.30. The number of ether oxygens (including phenoxy) is 1. The fourth-order valence-corrected chi connectivity index (χ4v) is 2.49. The molecule has 0 spiro atoms. The lowest BCUT2D eigenvalue weighted by Gasteiger charge is -2.29. The topological polar surface area (TPSA) is 32.8 Å². The highest BCUT2D eigenvalue weighted by Crippen LogP contribution is 2.23. The number of anilines is 2. The van der Waals surface area contributed by atoms with Crippen LogP contribution in [0.5, 0.6) is 5.75 Å². The Morgan fingerprint density at radius 3 is 1.92 bits per heavy atom. The third-order valence-electron chi connectivity index (χ3n) is 3.61. The molecule has 2 amide bonds. The highest BCUT2D eigenvalue weighted by Gasteiger charge is 2.22. The van der Waals surface area contributed by atoms with Gasteiger partial charge in [0.2, 0.25) is 0 Å². The number of carbonyl (C=O) groups is 1. The van der Waals surface area contributed by atoms with Gasteiger partial charge in [0.25, 0.3) is 0 Å². The zero-order valence-corrected chi connectivity index (χ0v) is 14.6. The number of amides is 2. The van der Waals surface area contributed by atoms with Gasteiger partial charge in [-0.1, -0.05) is 30.4 Å². The van der Waals surface area contributed by atoms with Crippen LogP contribution in [0.1, 0.15) is 6.92 Å². The molecule has 4 heteroatoms. The Morgan fingerprint density at radius 2 is 1.44 bits per heavy atom. The van der Waals surface area contributed by atoms with E-state index in [0.717, 1.165) is 17.1 Å². The molecule has 0 aromatic heterocycles. The van der Waals surface area contributed by atoms with Gasteiger partial charge in [0.1, 0.15) is 5.75 Å². The van der Waals surface area contributed by atoms with Crippen molar-refractivity contribution in [3.05, 3.63) is 79.9 Å². The van der Waals surface area contributed by atoms with E-state index < -0.39 is 0 Å². The maximum atomic E-state index is 13.2. The average molecular weight is 336 g/mol. The van der Waals surface area contributed by atoms with Crippen LogP contribution in [0.2, 0.25) is 0 Å². The van der Waals surface area contributed by atoms with Crippen LogP contribution in [0.25, 0.3) is 0 Å². The molecule has 0 heterocycles. The minimum atomic E-state index is -0.129. The lowest BCUT2D eigenvalue weighted by atomic mass is 10.2. The van der Waals surface area contributed by atoms with Crippen LogP contribution in [0.4, 0.5) is 16.2 Å². The van der Waals surface area contributed by atoms with Gasteiger partial charge in [0, 0.05) is 24.5 Å². The van der Waals surface area contributed by atoms with Crippen LogP contribution in [-0.2, 0) is 0 Å². The van der Waals surface area contributed by atoms with E-state index in [9.17, 15) is 4.79 Å². The van der Waals surface area contributed by atoms with E-state index in [-0.39, 0.29) is 6.03 Å². The Kier molecular flexibility index (Phi) is 6.84. The molecular weight excluding hydrogens is 312 g/mol. The third-order valence-corrected chi connectivity index (χ3v) is 3.61. The van der Waals surface area contributed by atoms with Crippen LogP contribution < -0.4 is 14.5 Å². The molecule has 0 fully saturated rings. The number of urea groups is 1. The highest BCUT2D eigenvalue weighted by molar-refractivity contribution is 6.03. The highest BCUT2D eigenvalue weighted by atomic mass is 16.5. The quantitative estimate of drug-likeness (QED) is 0.643. The predicted octanol–water partition coefficient (Wildman–Crippen LogP) is 4.89. The van der Waals surface area contributed by atoms with Crippen molar-refractivity contribution in [2.45, 2.75) is 6.92 Å². The van der Waals surface area contributed by atoms with Crippen molar-refractivity contribution in [2.24, 2.45) is 0 Å². The zero-order chi connectivity index (χ0) is 18.1. The first-order valence-electron chi connectivity index (χ1n) is 8.30. The molecule has 130 valence electrons. The predicted molar refractivity (Wildman–Crippen MR) is 105 cm³/mol. The number of hydrogen-bond donors (Lipinski definition) is 0. The van der Waals surface area contributed by atoms with E-state index in [1.165, 1.54) is 0 Å². The van der Waals surface area contributed by atoms with E-state index in [1.807, 2.05) is 61.5 Å². The van der Waals surface area contributed by atoms with Crippen LogP contribution >= 0.6 is 0 Å². The maximum Gasteiger partial charge on any atom is 0.329 e. The van der Waals surface area contributed by atoms with Gasteiger partial charge in [-0.2, -0.15) is 0 Å². The molecule has 0 atom stereocenters. The first kappa shape index (κ1) is 18.3. The van der Waals surface area contributed by atoms with Gasteiger partial charge in [-0.15, -0.1) is 13.2 Å². The first-order chi connectivity index (χ1) is 12.2. The fraction of sp³-hybridized carbons (Fsp3) is 0.190. The van der Waals surface area contributed by atoms with Gasteiger partial charge >= 0.3 is 6.03 Å². The molecule has 2 rings (SSSR count). The molecule has 0 saturated carbocycles. The summed E-state index contributed by atoms with van der Waals surface area (Å²) in [6, 6.07) is 16.9. The van der Waals surface area contributed by atoms with Gasteiger partial charge in [-0.3, -0.25) is 9.80 Å². The van der Waals surface area contributed by atoms with Crippen LogP contribution in [-0.4, -0.2) is 25.7 Å². The van der Waals surface area contributed by atoms with Crippen molar-refractivity contribution in [1.29, 1.82) is 0 Å². The van der Waals surface area contributed by atoms with Gasteiger partial charge in [0.15, 0.2) is 0 Å². The Morgan fingerprint density at radius 1 is 0.920 bits per heavy atom. The molecule has 0 saturated heterocycles. The fourth-order valence-electron chi connectivity index (χ4n) is 2.49. The summed E-state index contributed by atoms with van der Waals surface area (Å²) in [5.74, 6) is 0.781. The lowest BCUT2D eigenvalue weighted by molar-refractivity contribution is 0.252. The van der Waals surface area contributed by atoms with Crippen molar-refractivity contribution in [2.75, 3.05) is 29.5 Å². The van der Waals surface area contributed by atoms with E-state index in [0.29, 0.717) is 19.7 Å². The molecule has 0 unspecified atom stereocenters. The molecule has 25 heavy (non-hydrogen) atoms. The molecule has 0 aliphatic rings. The van der Waals surface area contributed by atoms with Gasteiger partial charge in [0.05, 0.1) is 6.61 Å². The van der Waals surface area contributed by atoms with Crippen molar-refractivity contribution < 1.29 is 9.53 Å². The van der Waals surface area contributed by atoms with E-state index in [2.05, 4.69) is 13.2 Å². The summed E-state index contributed by atoms with van der Waals surface area (Å²) < 4.78 is 5.47. The minimum Gasteiger partial charge on any atom is -0.494 e. The summed E-state index contributed by atoms with van der Waals surface area (Å²) in [5, 5.41) is 0. The molecule has 2 aromatic rings. The Balaban J connectivity index is 2.31. The second kappa shape index (κ2) is 9.33. The number of carbonyl (C=O) groups excluding carboxylic acids is 1. The van der Waals surface area contributed by atoms with Crippen LogP contribution in [0.15, 0.2) is 79.9 Å². The van der Waals surface area contributed by atoms with Crippen LogP contribution in [0.3, 0.4) is 0 Å². The van der Waals surface area contributed by atoms with E-state index >= 15 is 0 Å². The summed E-state index contributed by atoms with van der Waals surface area (Å²) in [5.41, 5.74) is 1.62. The second-order valence-electron chi connectivity index (χ2n) is 5.34. The molecule has 0 bridgehead atoms. The van der Waals surface area contributed by atoms with Crippen molar-refractivity contribution in [3.8, 4) is 5.75 Å². The summed E-state index contributed by atoms with van der Waals surface area (Å²) in [6.07, 6.45) is 3.43. The normalized spacial score (nSPS) is 9.96. The van der Waals surface area contributed by atoms with E-state index in [4.69, 9.17) is 4.74 Å². The molecule has 4 nitrogen and oxygen atoms in total. The van der Waals surface area contributed by atoms with Gasteiger partial charge in [-0.25, -0.2) is 4.79 Å². The third kappa shape index (κ3) is 4.73. The number of hydrogen-bond acceptors (Lipinski definition) is 2. The average Bonchev–Trinajstić information content (AvgIpc) is 2.65. The summed E-state index contributed by atoms with van der Waals surface area (Å²) in [7, 11) is 0. The number of nitrogens with zero attached hydrogens (tertiary/aromatic N) is 2. The van der Waals surface area contributed by atoms with Crippen molar-refractivity contribution in [1.82, 2.24) is 0 Å². The number of para-hydroxylation sites is 1. The molecule has 0 N–H and O–H groups in total.